The van der Waals surface area contributed by atoms with Crippen molar-refractivity contribution >= 4 is 29.1 Å². The number of ether oxygens (including phenoxy) is 1. The van der Waals surface area contributed by atoms with Crippen LogP contribution in [0.2, 0.25) is 0 Å². The number of hydrogen-bond donors (Lipinski definition) is 2. The van der Waals surface area contributed by atoms with Crippen molar-refractivity contribution in [3.63, 3.8) is 0 Å². The van der Waals surface area contributed by atoms with E-state index in [2.05, 4.69) is 50.5 Å². The van der Waals surface area contributed by atoms with Crippen LogP contribution in [0.4, 0.5) is 17.2 Å². The van der Waals surface area contributed by atoms with Crippen LogP contribution in [0.5, 0.6) is 0 Å². The average Bonchev–Trinajstić information content (AvgIpc) is 3.53. The third-order valence-corrected chi connectivity index (χ3v) is 6.14. The molecule has 2 aromatic carbocycles. The Morgan fingerprint density at radius 3 is 2.94 bits per heavy atom. The van der Waals surface area contributed by atoms with E-state index >= 15 is 0 Å². The molecule has 1 fully saturated rings. The second-order valence-corrected chi connectivity index (χ2v) is 8.31. The van der Waals surface area contributed by atoms with Crippen molar-refractivity contribution in [3.05, 3.63) is 72.2 Å². The number of aliphatic imine (C=N–C) groups is 1. The predicted molar refractivity (Wildman–Crippen MR) is 128 cm³/mol. The third kappa shape index (κ3) is 3.83. The van der Waals surface area contributed by atoms with Crippen LogP contribution < -0.4 is 10.2 Å². The van der Waals surface area contributed by atoms with Gasteiger partial charge in [0.1, 0.15) is 0 Å². The molecule has 0 saturated carbocycles. The number of nitrogens with zero attached hydrogens (tertiary/aromatic N) is 5. The first-order chi connectivity index (χ1) is 16.3. The minimum Gasteiger partial charge on any atom is -0.394 e. The van der Waals surface area contributed by atoms with Gasteiger partial charge in [-0.15, -0.1) is 0 Å². The van der Waals surface area contributed by atoms with Gasteiger partial charge in [-0.2, -0.15) is 0 Å². The molecule has 2 N–H and O–H groups in total. The van der Waals surface area contributed by atoms with Crippen molar-refractivity contribution in [2.45, 2.75) is 12.6 Å². The number of aliphatic hydroxyl groups excluding tert-OH is 1. The van der Waals surface area contributed by atoms with Crippen LogP contribution in [0.1, 0.15) is 11.1 Å². The highest BCUT2D eigenvalue weighted by atomic mass is 16.5. The van der Waals surface area contributed by atoms with E-state index in [0.717, 1.165) is 41.4 Å². The number of hydrogen-bond acceptors (Lipinski definition) is 7. The molecule has 4 heterocycles. The molecule has 4 aromatic rings. The van der Waals surface area contributed by atoms with E-state index in [1.54, 1.807) is 6.20 Å². The molecule has 8 heteroatoms. The van der Waals surface area contributed by atoms with Gasteiger partial charge in [-0.3, -0.25) is 4.99 Å². The Kier molecular flexibility index (Phi) is 5.01. The first-order valence-electron chi connectivity index (χ1n) is 11.1. The zero-order valence-corrected chi connectivity index (χ0v) is 18.1. The molecule has 166 valence electrons. The molecule has 0 spiro atoms. The summed E-state index contributed by atoms with van der Waals surface area (Å²) in [6.07, 6.45) is 7.50. The summed E-state index contributed by atoms with van der Waals surface area (Å²) in [7, 11) is 0. The van der Waals surface area contributed by atoms with Gasteiger partial charge in [0.15, 0.2) is 11.5 Å². The van der Waals surface area contributed by atoms with Gasteiger partial charge >= 0.3 is 0 Å². The predicted octanol–water partition coefficient (Wildman–Crippen LogP) is 3.27. The number of imidazole rings is 1. The Morgan fingerprint density at radius 2 is 2.06 bits per heavy atom. The third-order valence-electron chi connectivity index (χ3n) is 6.14. The summed E-state index contributed by atoms with van der Waals surface area (Å²) >= 11 is 0. The van der Waals surface area contributed by atoms with Crippen molar-refractivity contribution < 1.29 is 9.84 Å². The van der Waals surface area contributed by atoms with Crippen LogP contribution >= 0.6 is 0 Å². The fourth-order valence-corrected chi connectivity index (χ4v) is 4.38. The molecule has 33 heavy (non-hydrogen) atoms. The van der Waals surface area contributed by atoms with Gasteiger partial charge in [0.2, 0.25) is 0 Å². The first-order valence-corrected chi connectivity index (χ1v) is 11.1. The molecular weight excluding hydrogens is 416 g/mol. The largest absolute Gasteiger partial charge is 0.394 e. The highest BCUT2D eigenvalue weighted by Crippen LogP contribution is 2.28. The molecule has 2 aromatic heterocycles. The number of anilines is 3. The summed E-state index contributed by atoms with van der Waals surface area (Å²) in [5.74, 6) is 0.703. The van der Waals surface area contributed by atoms with Gasteiger partial charge in [-0.05, 0) is 41.5 Å². The second kappa shape index (κ2) is 8.31. The number of benzene rings is 2. The van der Waals surface area contributed by atoms with E-state index in [0.29, 0.717) is 19.0 Å². The number of rotatable bonds is 5. The number of nitrogens with one attached hydrogen (secondary N) is 1. The fraction of sp³-hybridized carbons (Fsp3) is 0.240. The van der Waals surface area contributed by atoms with Crippen LogP contribution in [-0.4, -0.2) is 58.1 Å². The van der Waals surface area contributed by atoms with Crippen LogP contribution in [0.25, 0.3) is 16.9 Å². The second-order valence-electron chi connectivity index (χ2n) is 8.31. The van der Waals surface area contributed by atoms with Crippen molar-refractivity contribution in [1.29, 1.82) is 0 Å². The maximum Gasteiger partial charge on any atom is 0.180 e. The van der Waals surface area contributed by atoms with Gasteiger partial charge in [0.25, 0.3) is 0 Å². The van der Waals surface area contributed by atoms with Crippen molar-refractivity contribution in [2.24, 2.45) is 4.99 Å². The summed E-state index contributed by atoms with van der Waals surface area (Å²) in [5.41, 5.74) is 7.13. The standard InChI is InChI=1S/C25H24N6O2/c32-16-22-14-30(9-10-33-22)21-5-3-20(4-6-21)28-24-25-27-7-8-31(25)15-23(29-24)17-1-2-18-12-26-13-19(18)11-17/h1-8,11-12,15,22,32H,9-10,13-14,16H2,(H,28,29)/t22-/m1/s1. The van der Waals surface area contributed by atoms with Crippen molar-refractivity contribution in [3.8, 4) is 11.3 Å². The van der Waals surface area contributed by atoms with Crippen LogP contribution in [-0.2, 0) is 11.3 Å². The van der Waals surface area contributed by atoms with Gasteiger partial charge in [-0.1, -0.05) is 12.1 Å². The number of aliphatic hydroxyl groups is 1. The van der Waals surface area contributed by atoms with Crippen LogP contribution in [0, 0.1) is 0 Å². The number of aromatic nitrogens is 3. The summed E-state index contributed by atoms with van der Waals surface area (Å²) in [4.78, 5) is 16.0. The summed E-state index contributed by atoms with van der Waals surface area (Å²) in [6, 6.07) is 14.6. The quantitative estimate of drug-likeness (QED) is 0.495. The van der Waals surface area contributed by atoms with E-state index in [9.17, 15) is 5.11 Å². The number of morpholine rings is 1. The lowest BCUT2D eigenvalue weighted by Gasteiger charge is -2.33. The van der Waals surface area contributed by atoms with Gasteiger partial charge in [0, 0.05) is 54.8 Å². The van der Waals surface area contributed by atoms with Crippen LogP contribution in [0.15, 0.2) is 66.0 Å². The van der Waals surface area contributed by atoms with E-state index in [4.69, 9.17) is 9.72 Å². The number of fused-ring (bicyclic) bond motifs is 2. The van der Waals surface area contributed by atoms with E-state index in [-0.39, 0.29) is 12.7 Å². The van der Waals surface area contributed by atoms with E-state index in [1.165, 1.54) is 11.1 Å². The SMILES string of the molecule is OC[C@H]1CN(c2ccc(Nc3nc(-c4ccc5c(c4)CN=C5)cn4ccnc34)cc2)CCO1. The lowest BCUT2D eigenvalue weighted by Crippen LogP contribution is -2.44. The minimum absolute atomic E-state index is 0.0374. The molecule has 0 bridgehead atoms. The molecule has 1 saturated heterocycles. The van der Waals surface area contributed by atoms with Gasteiger partial charge in [-0.25, -0.2) is 9.97 Å². The Morgan fingerprint density at radius 1 is 1.15 bits per heavy atom. The molecule has 2 aliphatic rings. The maximum absolute atomic E-state index is 9.40. The lowest BCUT2D eigenvalue weighted by atomic mass is 10.0. The molecule has 6 rings (SSSR count). The Hall–Kier alpha value is -3.75. The summed E-state index contributed by atoms with van der Waals surface area (Å²) in [5, 5.41) is 12.8. The van der Waals surface area contributed by atoms with Crippen LogP contribution in [0.3, 0.4) is 0 Å². The minimum atomic E-state index is -0.136. The molecule has 1 atom stereocenters. The summed E-state index contributed by atoms with van der Waals surface area (Å²) < 4.78 is 7.55. The monoisotopic (exact) mass is 440 g/mol. The molecule has 0 radical (unpaired) electrons. The smallest absolute Gasteiger partial charge is 0.180 e. The molecule has 0 aliphatic carbocycles. The Labute approximate surface area is 191 Å². The van der Waals surface area contributed by atoms with Gasteiger partial charge < -0.3 is 24.5 Å². The Balaban J connectivity index is 1.28. The normalized spacial score (nSPS) is 17.5. The molecule has 0 amide bonds. The molecule has 2 aliphatic heterocycles. The van der Waals surface area contributed by atoms with E-state index in [1.807, 2.05) is 35.1 Å². The lowest BCUT2D eigenvalue weighted by molar-refractivity contribution is 0.00357. The topological polar surface area (TPSA) is 87.3 Å². The summed E-state index contributed by atoms with van der Waals surface area (Å²) in [6.45, 7) is 2.88. The molecule has 0 unspecified atom stereocenters. The van der Waals surface area contributed by atoms with Gasteiger partial charge in [0.05, 0.1) is 31.6 Å². The molecular formula is C25H24N6O2. The maximum atomic E-state index is 9.40. The Bertz CT molecular complexity index is 1330. The van der Waals surface area contributed by atoms with Crippen molar-refractivity contribution in [2.75, 3.05) is 36.5 Å². The van der Waals surface area contributed by atoms with E-state index < -0.39 is 0 Å². The zero-order chi connectivity index (χ0) is 22.2. The highest BCUT2D eigenvalue weighted by Gasteiger charge is 2.20. The highest BCUT2D eigenvalue weighted by molar-refractivity contribution is 5.86. The first kappa shape index (κ1) is 19.9. The average molecular weight is 441 g/mol. The van der Waals surface area contributed by atoms with Crippen molar-refractivity contribution in [1.82, 2.24) is 14.4 Å². The fourth-order valence-electron chi connectivity index (χ4n) is 4.38. The zero-order valence-electron chi connectivity index (χ0n) is 18.1. The molecule has 8 nitrogen and oxygen atoms in total.